The van der Waals surface area contributed by atoms with E-state index in [4.69, 9.17) is 0 Å². The van der Waals surface area contributed by atoms with E-state index in [1.807, 2.05) is 14.1 Å². The molecule has 0 radical (unpaired) electrons. The van der Waals surface area contributed by atoms with Crippen molar-refractivity contribution in [3.8, 4) is 0 Å². The Labute approximate surface area is 132 Å². The molecule has 1 unspecified atom stereocenters. The van der Waals surface area contributed by atoms with Crippen LogP contribution in [0.5, 0.6) is 0 Å². The standard InChI is InChI=1S/C14H18BrN3O3/c1-16(2)11-4-3-7-17(9-11)14(19)12-8-10(18(20)21)5-6-13(12)15/h5-6,8,11H,3-4,7,9H2,1-2H3. The summed E-state index contributed by atoms with van der Waals surface area (Å²) in [5, 5.41) is 10.9. The van der Waals surface area contributed by atoms with Crippen molar-refractivity contribution in [3.05, 3.63) is 38.3 Å². The Morgan fingerprint density at radius 3 is 2.81 bits per heavy atom. The van der Waals surface area contributed by atoms with Crippen LogP contribution in [-0.4, -0.2) is 53.9 Å². The Bertz CT molecular complexity index is 562. The molecule has 0 saturated carbocycles. The molecule has 6 nitrogen and oxygen atoms in total. The fraction of sp³-hybridized carbons (Fsp3) is 0.500. The predicted molar refractivity (Wildman–Crippen MR) is 83.4 cm³/mol. The minimum Gasteiger partial charge on any atom is -0.337 e. The molecule has 21 heavy (non-hydrogen) atoms. The molecule has 0 N–H and O–H groups in total. The number of nitro groups is 1. The Morgan fingerprint density at radius 2 is 2.19 bits per heavy atom. The normalized spacial score (nSPS) is 18.9. The minimum atomic E-state index is -0.484. The number of hydrogen-bond acceptors (Lipinski definition) is 4. The fourth-order valence-corrected chi connectivity index (χ4v) is 2.94. The number of benzene rings is 1. The third kappa shape index (κ3) is 3.59. The largest absolute Gasteiger partial charge is 0.337 e. The van der Waals surface area contributed by atoms with Gasteiger partial charge in [0.25, 0.3) is 11.6 Å². The van der Waals surface area contributed by atoms with Crippen molar-refractivity contribution in [3.63, 3.8) is 0 Å². The summed E-state index contributed by atoms with van der Waals surface area (Å²) in [4.78, 5) is 26.9. The highest BCUT2D eigenvalue weighted by molar-refractivity contribution is 9.10. The van der Waals surface area contributed by atoms with Crippen molar-refractivity contribution in [2.24, 2.45) is 0 Å². The summed E-state index contributed by atoms with van der Waals surface area (Å²) < 4.78 is 0.588. The van der Waals surface area contributed by atoms with Crippen LogP contribution in [0, 0.1) is 10.1 Å². The van der Waals surface area contributed by atoms with Gasteiger partial charge in [0, 0.05) is 35.7 Å². The Morgan fingerprint density at radius 1 is 1.48 bits per heavy atom. The van der Waals surface area contributed by atoms with E-state index in [0.717, 1.165) is 12.8 Å². The smallest absolute Gasteiger partial charge is 0.270 e. The maximum Gasteiger partial charge on any atom is 0.270 e. The zero-order chi connectivity index (χ0) is 15.6. The van der Waals surface area contributed by atoms with Gasteiger partial charge in [0.15, 0.2) is 0 Å². The van der Waals surface area contributed by atoms with Crippen molar-refractivity contribution in [2.45, 2.75) is 18.9 Å². The average molecular weight is 356 g/mol. The molecule has 0 aromatic heterocycles. The van der Waals surface area contributed by atoms with Gasteiger partial charge in [0.1, 0.15) is 0 Å². The molecule has 114 valence electrons. The molecule has 0 spiro atoms. The van der Waals surface area contributed by atoms with Crippen LogP contribution in [0.1, 0.15) is 23.2 Å². The number of piperidine rings is 1. The first-order chi connectivity index (χ1) is 9.90. The SMILES string of the molecule is CN(C)C1CCCN(C(=O)c2cc([N+](=O)[O-])ccc2Br)C1. The highest BCUT2D eigenvalue weighted by atomic mass is 79.9. The topological polar surface area (TPSA) is 66.7 Å². The molecule has 1 aliphatic rings. The van der Waals surface area contributed by atoms with E-state index in [1.54, 1.807) is 11.0 Å². The number of halogens is 1. The molecule has 0 aliphatic carbocycles. The highest BCUT2D eigenvalue weighted by Gasteiger charge is 2.27. The lowest BCUT2D eigenvalue weighted by molar-refractivity contribution is -0.384. The van der Waals surface area contributed by atoms with Gasteiger partial charge in [-0.3, -0.25) is 14.9 Å². The Balaban J connectivity index is 2.23. The van der Waals surface area contributed by atoms with E-state index in [2.05, 4.69) is 20.8 Å². The van der Waals surface area contributed by atoms with E-state index in [0.29, 0.717) is 29.2 Å². The quantitative estimate of drug-likeness (QED) is 0.617. The van der Waals surface area contributed by atoms with Gasteiger partial charge in [-0.1, -0.05) is 0 Å². The van der Waals surface area contributed by atoms with Crippen LogP contribution >= 0.6 is 15.9 Å². The van der Waals surface area contributed by atoms with Gasteiger partial charge < -0.3 is 9.80 Å². The molecule has 1 heterocycles. The molecule has 1 aromatic rings. The zero-order valence-electron chi connectivity index (χ0n) is 12.1. The molecule has 2 rings (SSSR count). The lowest BCUT2D eigenvalue weighted by Gasteiger charge is -2.36. The molecule has 1 saturated heterocycles. The molecular weight excluding hydrogens is 338 g/mol. The first kappa shape index (κ1) is 15.9. The first-order valence-electron chi connectivity index (χ1n) is 6.80. The minimum absolute atomic E-state index is 0.0669. The monoisotopic (exact) mass is 355 g/mol. The number of likely N-dealkylation sites (tertiary alicyclic amines) is 1. The van der Waals surface area contributed by atoms with Crippen LogP contribution < -0.4 is 0 Å². The number of carbonyl (C=O) groups is 1. The Kier molecular flexibility index (Phi) is 4.95. The van der Waals surface area contributed by atoms with E-state index in [1.165, 1.54) is 12.1 Å². The summed E-state index contributed by atoms with van der Waals surface area (Å²) in [6.07, 6.45) is 2.01. The second-order valence-electron chi connectivity index (χ2n) is 5.43. The number of amides is 1. The number of carbonyl (C=O) groups excluding carboxylic acids is 1. The number of likely N-dealkylation sites (N-methyl/N-ethyl adjacent to an activating group) is 1. The fourth-order valence-electron chi connectivity index (χ4n) is 2.52. The average Bonchev–Trinajstić information content (AvgIpc) is 2.47. The summed E-state index contributed by atoms with van der Waals surface area (Å²) in [6, 6.07) is 4.62. The number of rotatable bonds is 3. The van der Waals surface area contributed by atoms with E-state index in [-0.39, 0.29) is 11.6 Å². The van der Waals surface area contributed by atoms with Gasteiger partial charge in [-0.15, -0.1) is 0 Å². The summed E-state index contributed by atoms with van der Waals surface area (Å²) >= 11 is 3.31. The maximum atomic E-state index is 12.6. The van der Waals surface area contributed by atoms with Crippen LogP contribution in [-0.2, 0) is 0 Å². The number of nitrogens with zero attached hydrogens (tertiary/aromatic N) is 3. The van der Waals surface area contributed by atoms with Gasteiger partial charge >= 0.3 is 0 Å². The van der Waals surface area contributed by atoms with E-state index >= 15 is 0 Å². The van der Waals surface area contributed by atoms with Crippen molar-refractivity contribution in [2.75, 3.05) is 27.2 Å². The highest BCUT2D eigenvalue weighted by Crippen LogP contribution is 2.25. The van der Waals surface area contributed by atoms with Crippen LogP contribution in [0.25, 0.3) is 0 Å². The number of non-ortho nitro benzene ring substituents is 1. The van der Waals surface area contributed by atoms with Gasteiger partial charge in [0.05, 0.1) is 10.5 Å². The third-order valence-electron chi connectivity index (χ3n) is 3.81. The first-order valence-corrected chi connectivity index (χ1v) is 7.59. The second kappa shape index (κ2) is 6.53. The molecule has 1 amide bonds. The van der Waals surface area contributed by atoms with Gasteiger partial charge in [-0.05, 0) is 48.9 Å². The molecular formula is C14H18BrN3O3. The van der Waals surface area contributed by atoms with Gasteiger partial charge in [-0.2, -0.15) is 0 Å². The van der Waals surface area contributed by atoms with Crippen LogP contribution in [0.15, 0.2) is 22.7 Å². The van der Waals surface area contributed by atoms with Gasteiger partial charge in [0.2, 0.25) is 0 Å². The molecule has 1 aliphatic heterocycles. The number of nitro benzene ring substituents is 1. The molecule has 0 bridgehead atoms. The summed E-state index contributed by atoms with van der Waals surface area (Å²) in [5.74, 6) is -0.155. The summed E-state index contributed by atoms with van der Waals surface area (Å²) in [7, 11) is 4.00. The summed E-state index contributed by atoms with van der Waals surface area (Å²) in [6.45, 7) is 1.35. The predicted octanol–water partition coefficient (Wildman–Crippen LogP) is 2.52. The Hall–Kier alpha value is -1.47. The van der Waals surface area contributed by atoms with Crippen LogP contribution in [0.4, 0.5) is 5.69 Å². The third-order valence-corrected chi connectivity index (χ3v) is 4.50. The van der Waals surface area contributed by atoms with Crippen molar-refractivity contribution in [1.29, 1.82) is 0 Å². The van der Waals surface area contributed by atoms with E-state index in [9.17, 15) is 14.9 Å². The lowest BCUT2D eigenvalue weighted by Crippen LogP contribution is -2.47. The van der Waals surface area contributed by atoms with Crippen molar-refractivity contribution < 1.29 is 9.72 Å². The summed E-state index contributed by atoms with van der Waals surface area (Å²) in [5.41, 5.74) is 0.284. The second-order valence-corrected chi connectivity index (χ2v) is 6.29. The maximum absolute atomic E-state index is 12.6. The van der Waals surface area contributed by atoms with Crippen LogP contribution in [0.3, 0.4) is 0 Å². The number of hydrogen-bond donors (Lipinski definition) is 0. The lowest BCUT2D eigenvalue weighted by atomic mass is 10.0. The molecule has 7 heteroatoms. The molecule has 1 aromatic carbocycles. The molecule has 1 atom stereocenters. The van der Waals surface area contributed by atoms with Crippen molar-refractivity contribution in [1.82, 2.24) is 9.80 Å². The van der Waals surface area contributed by atoms with Gasteiger partial charge in [-0.25, -0.2) is 0 Å². The van der Waals surface area contributed by atoms with E-state index < -0.39 is 4.92 Å². The zero-order valence-corrected chi connectivity index (χ0v) is 13.7. The molecule has 1 fully saturated rings. The van der Waals surface area contributed by atoms with Crippen molar-refractivity contribution >= 4 is 27.5 Å². The van der Waals surface area contributed by atoms with Crippen LogP contribution in [0.2, 0.25) is 0 Å².